The molecular weight excluding hydrogens is 418 g/mol. The van der Waals surface area contributed by atoms with Gasteiger partial charge in [0.2, 0.25) is 5.88 Å². The van der Waals surface area contributed by atoms with Gasteiger partial charge in [0, 0.05) is 18.2 Å². The minimum atomic E-state index is -0.321. The van der Waals surface area contributed by atoms with Crippen molar-refractivity contribution in [1.82, 2.24) is 14.5 Å². The third kappa shape index (κ3) is 4.43. The number of pyridine rings is 1. The zero-order valence-corrected chi connectivity index (χ0v) is 18.4. The molecule has 0 fully saturated rings. The molecule has 0 saturated carbocycles. The fourth-order valence-corrected chi connectivity index (χ4v) is 3.90. The van der Waals surface area contributed by atoms with Crippen molar-refractivity contribution >= 4 is 0 Å². The van der Waals surface area contributed by atoms with E-state index in [4.69, 9.17) is 14.2 Å². The molecule has 5 rings (SSSR count). The van der Waals surface area contributed by atoms with E-state index in [0.717, 1.165) is 40.3 Å². The molecule has 33 heavy (non-hydrogen) atoms. The highest BCUT2D eigenvalue weighted by molar-refractivity contribution is 5.67. The minimum absolute atomic E-state index is 0.191. The van der Waals surface area contributed by atoms with Gasteiger partial charge in [-0.25, -0.2) is 4.79 Å². The lowest BCUT2D eigenvalue weighted by Gasteiger charge is -2.22. The van der Waals surface area contributed by atoms with Crippen molar-refractivity contribution in [3.8, 4) is 34.4 Å². The summed E-state index contributed by atoms with van der Waals surface area (Å²) in [4.78, 5) is 21.1. The van der Waals surface area contributed by atoms with E-state index in [1.54, 1.807) is 23.9 Å². The van der Waals surface area contributed by atoms with E-state index in [2.05, 4.69) is 9.97 Å². The Morgan fingerprint density at radius 1 is 1.00 bits per heavy atom. The van der Waals surface area contributed by atoms with Crippen LogP contribution in [0, 0.1) is 6.92 Å². The van der Waals surface area contributed by atoms with Crippen molar-refractivity contribution in [2.24, 2.45) is 0 Å². The first-order valence-electron chi connectivity index (χ1n) is 10.7. The minimum Gasteiger partial charge on any atom is -0.497 e. The average molecular weight is 441 g/mol. The van der Waals surface area contributed by atoms with Crippen LogP contribution in [-0.2, 0) is 19.6 Å². The number of rotatable bonds is 6. The van der Waals surface area contributed by atoms with Crippen LogP contribution in [0.25, 0.3) is 11.3 Å². The van der Waals surface area contributed by atoms with E-state index in [0.29, 0.717) is 18.0 Å². The summed E-state index contributed by atoms with van der Waals surface area (Å²) in [5.74, 6) is 2.48. The predicted octanol–water partition coefficient (Wildman–Crippen LogP) is 4.55. The normalized spacial score (nSPS) is 11.9. The highest BCUT2D eigenvalue weighted by Gasteiger charge is 2.19. The molecule has 0 saturated heterocycles. The highest BCUT2D eigenvalue weighted by Crippen LogP contribution is 2.32. The summed E-state index contributed by atoms with van der Waals surface area (Å²) < 4.78 is 18.7. The molecule has 0 bridgehead atoms. The van der Waals surface area contributed by atoms with E-state index < -0.39 is 0 Å². The number of benzene rings is 2. The first-order chi connectivity index (χ1) is 16.1. The molecule has 7 nitrogen and oxygen atoms in total. The first kappa shape index (κ1) is 20.8. The lowest BCUT2D eigenvalue weighted by atomic mass is 9.97. The molecule has 0 N–H and O–H groups in total. The van der Waals surface area contributed by atoms with Gasteiger partial charge in [-0.15, -0.1) is 0 Å². The summed E-state index contributed by atoms with van der Waals surface area (Å²) in [6.45, 7) is 2.78. The molecule has 0 aliphatic carbocycles. The van der Waals surface area contributed by atoms with Gasteiger partial charge < -0.3 is 14.2 Å². The van der Waals surface area contributed by atoms with Crippen molar-refractivity contribution in [2.45, 2.75) is 26.5 Å². The summed E-state index contributed by atoms with van der Waals surface area (Å²) in [6, 6.07) is 19.2. The maximum Gasteiger partial charge on any atom is 0.351 e. The van der Waals surface area contributed by atoms with Crippen molar-refractivity contribution in [3.05, 3.63) is 94.2 Å². The third-order valence-electron chi connectivity index (χ3n) is 5.57. The average Bonchev–Trinajstić information content (AvgIpc) is 2.83. The topological polar surface area (TPSA) is 75.5 Å². The van der Waals surface area contributed by atoms with Gasteiger partial charge in [-0.2, -0.15) is 4.98 Å². The number of hydrogen-bond donors (Lipinski definition) is 0. The molecule has 0 unspecified atom stereocenters. The van der Waals surface area contributed by atoms with E-state index in [-0.39, 0.29) is 18.2 Å². The van der Waals surface area contributed by atoms with Crippen LogP contribution in [0.5, 0.6) is 23.1 Å². The van der Waals surface area contributed by atoms with Gasteiger partial charge in [0.05, 0.1) is 24.7 Å². The number of nitrogens with zero attached hydrogens (tertiary/aromatic N) is 3. The Morgan fingerprint density at radius 2 is 1.88 bits per heavy atom. The van der Waals surface area contributed by atoms with Crippen molar-refractivity contribution in [2.75, 3.05) is 7.11 Å². The Hall–Kier alpha value is -4.13. The van der Waals surface area contributed by atoms with Gasteiger partial charge in [-0.05, 0) is 66.9 Å². The summed E-state index contributed by atoms with van der Waals surface area (Å²) >= 11 is 0. The Labute approximate surface area is 191 Å². The fourth-order valence-electron chi connectivity index (χ4n) is 3.90. The van der Waals surface area contributed by atoms with Crippen LogP contribution in [0.4, 0.5) is 0 Å². The number of fused-ring (bicyclic) bond motifs is 3. The summed E-state index contributed by atoms with van der Waals surface area (Å²) in [6.07, 6.45) is 2.40. The molecule has 7 heteroatoms. The molecule has 0 atom stereocenters. The van der Waals surface area contributed by atoms with Crippen molar-refractivity contribution in [1.29, 1.82) is 0 Å². The van der Waals surface area contributed by atoms with E-state index >= 15 is 0 Å². The molecule has 0 spiro atoms. The monoisotopic (exact) mass is 441 g/mol. The van der Waals surface area contributed by atoms with E-state index in [1.807, 2.05) is 61.5 Å². The second-order valence-electron chi connectivity index (χ2n) is 7.88. The maximum absolute atomic E-state index is 12.6. The van der Waals surface area contributed by atoms with Crippen LogP contribution in [0.1, 0.15) is 16.8 Å². The van der Waals surface area contributed by atoms with Gasteiger partial charge in [0.15, 0.2) is 0 Å². The number of ether oxygens (including phenoxy) is 3. The summed E-state index contributed by atoms with van der Waals surface area (Å²) in [5.41, 5.74) is 4.43. The lowest BCUT2D eigenvalue weighted by Crippen LogP contribution is -2.28. The van der Waals surface area contributed by atoms with Gasteiger partial charge in [0.1, 0.15) is 23.9 Å². The Kier molecular flexibility index (Phi) is 5.52. The van der Waals surface area contributed by atoms with Crippen molar-refractivity contribution in [3.63, 3.8) is 0 Å². The highest BCUT2D eigenvalue weighted by atomic mass is 16.5. The molecule has 3 heterocycles. The Bertz CT molecular complexity index is 1360. The van der Waals surface area contributed by atoms with Crippen molar-refractivity contribution < 1.29 is 14.2 Å². The van der Waals surface area contributed by atoms with Crippen LogP contribution >= 0.6 is 0 Å². The molecule has 1 aliphatic heterocycles. The molecule has 166 valence electrons. The van der Waals surface area contributed by atoms with Crippen LogP contribution in [0.3, 0.4) is 0 Å². The number of methoxy groups -OCH3 is 1. The zero-order chi connectivity index (χ0) is 22.8. The smallest absolute Gasteiger partial charge is 0.351 e. The molecule has 4 aromatic rings. The number of hydrogen-bond acceptors (Lipinski definition) is 6. The SMILES string of the molecule is COc1ccc2c(c1)CCn1c-2cc(OCc2ccc(Oc3cccc(C)c3)cn2)nc1=O. The fraction of sp³-hybridized carbons (Fsp3) is 0.192. The van der Waals surface area contributed by atoms with E-state index in [1.165, 1.54) is 0 Å². The standard InChI is InChI=1S/C26H23N3O4/c1-17-4-3-5-21(12-17)33-22-7-6-19(27-15-22)16-32-25-14-24-23-9-8-20(31-2)13-18(23)10-11-29(24)26(30)28-25/h3-9,12-15H,10-11,16H2,1-2H3. The molecular formula is C26H23N3O4. The summed E-state index contributed by atoms with van der Waals surface area (Å²) in [5, 5.41) is 0. The number of aromatic nitrogens is 3. The van der Waals surface area contributed by atoms with Gasteiger partial charge in [0.25, 0.3) is 0 Å². The largest absolute Gasteiger partial charge is 0.497 e. The van der Waals surface area contributed by atoms with Gasteiger partial charge in [-0.3, -0.25) is 9.55 Å². The Morgan fingerprint density at radius 3 is 2.67 bits per heavy atom. The van der Waals surface area contributed by atoms with Crippen LogP contribution in [-0.4, -0.2) is 21.6 Å². The molecule has 0 radical (unpaired) electrons. The quantitative estimate of drug-likeness (QED) is 0.437. The van der Waals surface area contributed by atoms with Gasteiger partial charge >= 0.3 is 5.69 Å². The number of aryl methyl sites for hydroxylation is 2. The van der Waals surface area contributed by atoms with E-state index in [9.17, 15) is 4.79 Å². The van der Waals surface area contributed by atoms with Crippen LogP contribution in [0.2, 0.25) is 0 Å². The molecule has 2 aromatic heterocycles. The molecule has 0 amide bonds. The van der Waals surface area contributed by atoms with Gasteiger partial charge in [-0.1, -0.05) is 12.1 Å². The first-order valence-corrected chi connectivity index (χ1v) is 10.7. The second kappa shape index (κ2) is 8.78. The molecule has 2 aromatic carbocycles. The zero-order valence-electron chi connectivity index (χ0n) is 18.4. The lowest BCUT2D eigenvalue weighted by molar-refractivity contribution is 0.286. The maximum atomic E-state index is 12.6. The van der Waals surface area contributed by atoms with Crippen LogP contribution in [0.15, 0.2) is 71.7 Å². The van der Waals surface area contributed by atoms with Crippen LogP contribution < -0.4 is 19.9 Å². The third-order valence-corrected chi connectivity index (χ3v) is 5.57. The Balaban J connectivity index is 1.31. The predicted molar refractivity (Wildman–Crippen MR) is 124 cm³/mol. The second-order valence-corrected chi connectivity index (χ2v) is 7.88. The molecule has 1 aliphatic rings. The summed E-state index contributed by atoms with van der Waals surface area (Å²) in [7, 11) is 1.65.